The van der Waals surface area contributed by atoms with Gasteiger partial charge < -0.3 is 10.2 Å². The number of hydrazone groups is 1. The van der Waals surface area contributed by atoms with Gasteiger partial charge in [-0.1, -0.05) is 12.1 Å². The van der Waals surface area contributed by atoms with Gasteiger partial charge in [-0.05, 0) is 85.8 Å². The number of aromatic hydroxyl groups is 1. The molecule has 4 aromatic rings. The van der Waals surface area contributed by atoms with Crippen molar-refractivity contribution in [3.63, 3.8) is 0 Å². The van der Waals surface area contributed by atoms with E-state index in [0.717, 1.165) is 24.9 Å². The second-order valence-electron chi connectivity index (χ2n) is 8.53. The summed E-state index contributed by atoms with van der Waals surface area (Å²) in [6.07, 6.45) is 3.10. The number of rotatable bonds is 5. The molecule has 0 saturated carbocycles. The van der Waals surface area contributed by atoms with Gasteiger partial charge in [-0.3, -0.25) is 9.36 Å². The number of carbonyl (C=O) groups excluding carboxylic acids is 1. The Bertz CT molecular complexity index is 1540. The van der Waals surface area contributed by atoms with Gasteiger partial charge >= 0.3 is 5.97 Å². The fraction of sp³-hybridized carbons (Fsp3) is 0.148. The maximum absolute atomic E-state index is 14.2. The van der Waals surface area contributed by atoms with Crippen molar-refractivity contribution >= 4 is 28.5 Å². The van der Waals surface area contributed by atoms with Crippen molar-refractivity contribution in [3.8, 4) is 11.6 Å². The van der Waals surface area contributed by atoms with Gasteiger partial charge in [0.1, 0.15) is 5.82 Å². The van der Waals surface area contributed by atoms with Crippen LogP contribution in [0.2, 0.25) is 0 Å². The van der Waals surface area contributed by atoms with Crippen molar-refractivity contribution in [1.29, 1.82) is 0 Å². The van der Waals surface area contributed by atoms with Gasteiger partial charge in [0.2, 0.25) is 5.88 Å². The van der Waals surface area contributed by atoms with Gasteiger partial charge in [-0.25, -0.2) is 14.6 Å². The van der Waals surface area contributed by atoms with Crippen molar-refractivity contribution in [2.45, 2.75) is 26.2 Å². The molecule has 176 valence electrons. The van der Waals surface area contributed by atoms with Gasteiger partial charge in [-0.15, -0.1) is 0 Å². The van der Waals surface area contributed by atoms with E-state index in [4.69, 9.17) is 5.11 Å². The Hall–Kier alpha value is -4.46. The number of benzene rings is 3. The third-order valence-electron chi connectivity index (χ3n) is 6.30. The van der Waals surface area contributed by atoms with Crippen LogP contribution in [0.3, 0.4) is 0 Å². The molecular formula is C27H22FN3O4. The van der Waals surface area contributed by atoms with Crippen LogP contribution in [0.5, 0.6) is 5.88 Å². The van der Waals surface area contributed by atoms with Crippen LogP contribution in [0.15, 0.2) is 65.8 Å². The number of nitrogens with one attached hydrogen (secondary N) is 1. The van der Waals surface area contributed by atoms with Crippen LogP contribution < -0.4 is 5.43 Å². The lowest BCUT2D eigenvalue weighted by molar-refractivity contribution is 0.0697. The second-order valence-corrected chi connectivity index (χ2v) is 8.53. The summed E-state index contributed by atoms with van der Waals surface area (Å²) in [5.74, 6) is -2.34. The lowest BCUT2D eigenvalue weighted by Crippen LogP contribution is -2.19. The molecule has 1 aliphatic rings. The van der Waals surface area contributed by atoms with Crippen LogP contribution in [-0.4, -0.2) is 32.4 Å². The number of amides is 1. The van der Waals surface area contributed by atoms with E-state index in [1.54, 1.807) is 17.6 Å². The van der Waals surface area contributed by atoms with E-state index < -0.39 is 17.7 Å². The van der Waals surface area contributed by atoms with Gasteiger partial charge in [0, 0.05) is 16.6 Å². The Kier molecular flexibility index (Phi) is 5.56. The number of carboxylic acid groups (broad SMARTS) is 1. The molecule has 0 unspecified atom stereocenters. The molecule has 0 fully saturated rings. The molecule has 5 rings (SSSR count). The third kappa shape index (κ3) is 4.03. The molecule has 1 aromatic heterocycles. The van der Waals surface area contributed by atoms with Crippen LogP contribution >= 0.6 is 0 Å². The first kappa shape index (κ1) is 22.3. The summed E-state index contributed by atoms with van der Waals surface area (Å²) in [4.78, 5) is 23.7. The number of fused-ring (bicyclic) bond motifs is 2. The summed E-state index contributed by atoms with van der Waals surface area (Å²) in [6.45, 7) is 1.60. The Morgan fingerprint density at radius 1 is 1.00 bits per heavy atom. The number of carbonyl (C=O) groups is 2. The van der Waals surface area contributed by atoms with Gasteiger partial charge in [0.25, 0.3) is 5.91 Å². The molecule has 1 heterocycles. The van der Waals surface area contributed by atoms with E-state index in [2.05, 4.69) is 16.6 Å². The number of halogens is 1. The van der Waals surface area contributed by atoms with Crippen LogP contribution in [0.1, 0.15) is 50.8 Å². The molecule has 35 heavy (non-hydrogen) atoms. The van der Waals surface area contributed by atoms with Gasteiger partial charge in [-0.2, -0.15) is 5.10 Å². The van der Waals surface area contributed by atoms with E-state index in [1.807, 2.05) is 12.1 Å². The van der Waals surface area contributed by atoms with E-state index in [1.165, 1.54) is 47.5 Å². The van der Waals surface area contributed by atoms with Gasteiger partial charge in [0.15, 0.2) is 0 Å². The summed E-state index contributed by atoms with van der Waals surface area (Å²) in [5, 5.41) is 25.0. The lowest BCUT2D eigenvalue weighted by Gasteiger charge is -2.10. The van der Waals surface area contributed by atoms with E-state index in [-0.39, 0.29) is 22.7 Å². The zero-order chi connectivity index (χ0) is 24.7. The number of hydrogen-bond donors (Lipinski definition) is 3. The normalized spacial score (nSPS) is 13.1. The second kappa shape index (κ2) is 8.72. The summed E-state index contributed by atoms with van der Waals surface area (Å²) < 4.78 is 15.8. The van der Waals surface area contributed by atoms with E-state index in [0.29, 0.717) is 16.5 Å². The molecule has 1 aliphatic carbocycles. The first-order valence-electron chi connectivity index (χ1n) is 11.2. The number of hydrogen-bond acceptors (Lipinski definition) is 4. The lowest BCUT2D eigenvalue weighted by atomic mass is 10.1. The van der Waals surface area contributed by atoms with Crippen LogP contribution in [-0.2, 0) is 12.8 Å². The fourth-order valence-corrected chi connectivity index (χ4v) is 4.61. The molecule has 0 bridgehead atoms. The Labute approximate surface area is 200 Å². The summed E-state index contributed by atoms with van der Waals surface area (Å²) in [7, 11) is 0. The summed E-state index contributed by atoms with van der Waals surface area (Å²) in [6, 6.07) is 15.8. The van der Waals surface area contributed by atoms with E-state index in [9.17, 15) is 19.1 Å². The molecule has 0 aliphatic heterocycles. The Morgan fingerprint density at radius 3 is 2.57 bits per heavy atom. The predicted molar refractivity (Wildman–Crippen MR) is 130 cm³/mol. The largest absolute Gasteiger partial charge is 0.494 e. The number of aryl methyl sites for hydroxylation is 2. The SMILES string of the molecule is C/C(=N\NC(=O)c1cccc(C(=O)O)c1)c1c(O)n(-c2ccc3c(c2)CCC3)c2ccc(F)cc12. The van der Waals surface area contributed by atoms with Crippen molar-refractivity contribution in [1.82, 2.24) is 9.99 Å². The molecule has 0 spiro atoms. The molecule has 8 heteroatoms. The van der Waals surface area contributed by atoms with Crippen molar-refractivity contribution in [3.05, 3.63) is 94.3 Å². The first-order valence-corrected chi connectivity index (χ1v) is 11.2. The molecule has 0 radical (unpaired) electrons. The van der Waals surface area contributed by atoms with Gasteiger partial charge in [0.05, 0.1) is 22.4 Å². The molecule has 0 saturated heterocycles. The van der Waals surface area contributed by atoms with Crippen LogP contribution in [0, 0.1) is 5.82 Å². The molecule has 3 aromatic carbocycles. The highest BCUT2D eigenvalue weighted by Gasteiger charge is 2.22. The minimum atomic E-state index is -1.15. The maximum atomic E-state index is 14.2. The minimum Gasteiger partial charge on any atom is -0.494 e. The smallest absolute Gasteiger partial charge is 0.335 e. The number of carboxylic acids is 1. The van der Waals surface area contributed by atoms with Crippen molar-refractivity contribution in [2.24, 2.45) is 5.10 Å². The summed E-state index contributed by atoms with van der Waals surface area (Å²) in [5.41, 5.74) is 6.94. The van der Waals surface area contributed by atoms with Crippen LogP contribution in [0.25, 0.3) is 16.6 Å². The Balaban J connectivity index is 1.55. The molecular weight excluding hydrogens is 449 g/mol. The molecule has 1 amide bonds. The zero-order valence-electron chi connectivity index (χ0n) is 18.9. The number of aromatic carboxylic acids is 1. The number of aromatic nitrogens is 1. The highest BCUT2D eigenvalue weighted by molar-refractivity contribution is 6.13. The average molecular weight is 471 g/mol. The van der Waals surface area contributed by atoms with Crippen molar-refractivity contribution < 1.29 is 24.2 Å². The Morgan fingerprint density at radius 2 is 1.77 bits per heavy atom. The third-order valence-corrected chi connectivity index (χ3v) is 6.30. The molecule has 3 N–H and O–H groups in total. The maximum Gasteiger partial charge on any atom is 0.335 e. The minimum absolute atomic E-state index is 0.0242. The first-order chi connectivity index (χ1) is 16.8. The van der Waals surface area contributed by atoms with E-state index >= 15 is 0 Å². The highest BCUT2D eigenvalue weighted by atomic mass is 19.1. The zero-order valence-corrected chi connectivity index (χ0v) is 18.9. The quantitative estimate of drug-likeness (QED) is 0.287. The number of nitrogens with zero attached hydrogens (tertiary/aromatic N) is 2. The topological polar surface area (TPSA) is 104 Å². The monoisotopic (exact) mass is 471 g/mol. The standard InChI is InChI=1S/C27H22FN3O4/c1-15(29-30-25(32)18-6-3-7-19(12-18)27(34)35)24-22-14-20(28)9-11-23(22)31(26(24)33)21-10-8-16-4-2-5-17(16)13-21/h3,6-14,33H,2,4-5H2,1H3,(H,30,32)(H,34,35)/b29-15+. The molecule has 7 nitrogen and oxygen atoms in total. The average Bonchev–Trinajstić information content (AvgIpc) is 3.43. The molecule has 0 atom stereocenters. The van der Waals surface area contributed by atoms with Crippen molar-refractivity contribution in [2.75, 3.05) is 0 Å². The fourth-order valence-electron chi connectivity index (χ4n) is 4.61. The summed E-state index contributed by atoms with van der Waals surface area (Å²) >= 11 is 0. The highest BCUT2D eigenvalue weighted by Crippen LogP contribution is 2.36. The predicted octanol–water partition coefficient (Wildman–Crippen LogP) is 4.82. The van der Waals surface area contributed by atoms with Crippen LogP contribution in [0.4, 0.5) is 4.39 Å².